The van der Waals surface area contributed by atoms with E-state index in [1.165, 1.54) is 0 Å². The lowest BCUT2D eigenvalue weighted by Gasteiger charge is -2.39. The lowest BCUT2D eigenvalue weighted by molar-refractivity contribution is -0.0408. The quantitative estimate of drug-likeness (QED) is 0.521. The van der Waals surface area contributed by atoms with E-state index in [4.69, 9.17) is 0 Å². The Morgan fingerprint density at radius 2 is 1.71 bits per heavy atom. The average molecular weight is 419 g/mol. The molecule has 6 nitrogen and oxygen atoms in total. The van der Waals surface area contributed by atoms with E-state index in [-0.39, 0.29) is 0 Å². The Morgan fingerprint density at radius 3 is 2.48 bits per heavy atom. The minimum atomic E-state index is -0.750. The number of aryl methyl sites for hydroxylation is 1. The fourth-order valence-electron chi connectivity index (χ4n) is 5.07. The largest absolute Gasteiger partial charge is 0.388 e. The summed E-state index contributed by atoms with van der Waals surface area (Å²) in [5.74, 6) is 0. The van der Waals surface area contributed by atoms with Crippen molar-refractivity contribution >= 4 is 21.9 Å². The Morgan fingerprint density at radius 1 is 1.03 bits per heavy atom. The van der Waals surface area contributed by atoms with Gasteiger partial charge < -0.3 is 24.2 Å². The number of rotatable bonds is 5. The SMILES string of the molecule is Cc1c([C@H](O)CN2CCC(O)(Cn3cnc4ccccc43)CC2)c2ccccc2n1C. The maximum Gasteiger partial charge on any atom is 0.0959 e. The van der Waals surface area contributed by atoms with Crippen LogP contribution >= 0.6 is 0 Å². The van der Waals surface area contributed by atoms with Gasteiger partial charge in [-0.25, -0.2) is 4.98 Å². The zero-order chi connectivity index (χ0) is 21.6. The van der Waals surface area contributed by atoms with Crippen LogP contribution in [0.2, 0.25) is 0 Å². The predicted molar refractivity (Wildman–Crippen MR) is 123 cm³/mol. The number of hydrogen-bond donors (Lipinski definition) is 2. The molecule has 0 aliphatic carbocycles. The highest BCUT2D eigenvalue weighted by Crippen LogP contribution is 2.32. The van der Waals surface area contributed by atoms with Gasteiger partial charge >= 0.3 is 0 Å². The first-order chi connectivity index (χ1) is 15.0. The highest BCUT2D eigenvalue weighted by molar-refractivity contribution is 5.85. The predicted octanol–water partition coefficient (Wildman–Crippen LogP) is 3.40. The van der Waals surface area contributed by atoms with Crippen LogP contribution in [0.15, 0.2) is 54.9 Å². The van der Waals surface area contributed by atoms with Crippen molar-refractivity contribution in [3.8, 4) is 0 Å². The zero-order valence-electron chi connectivity index (χ0n) is 18.2. The van der Waals surface area contributed by atoms with E-state index >= 15 is 0 Å². The molecule has 1 saturated heterocycles. The summed E-state index contributed by atoms with van der Waals surface area (Å²) < 4.78 is 4.21. The summed E-state index contributed by atoms with van der Waals surface area (Å²) >= 11 is 0. The summed E-state index contributed by atoms with van der Waals surface area (Å²) in [6.07, 6.45) is 2.64. The number of likely N-dealkylation sites (tertiary alicyclic amines) is 1. The monoisotopic (exact) mass is 418 g/mol. The third-order valence-electron chi connectivity index (χ3n) is 6.99. The number of imidazole rings is 1. The number of hydrogen-bond acceptors (Lipinski definition) is 4. The molecule has 0 spiro atoms. The van der Waals surface area contributed by atoms with Crippen molar-refractivity contribution in [1.29, 1.82) is 0 Å². The molecule has 2 aromatic heterocycles. The molecule has 4 aromatic rings. The van der Waals surface area contributed by atoms with Gasteiger partial charge in [0.2, 0.25) is 0 Å². The Balaban J connectivity index is 1.26. The second-order valence-corrected chi connectivity index (χ2v) is 8.98. The fraction of sp³-hybridized carbons (Fsp3) is 0.400. The molecule has 6 heteroatoms. The summed E-state index contributed by atoms with van der Waals surface area (Å²) in [4.78, 5) is 6.71. The van der Waals surface area contributed by atoms with Crippen LogP contribution in [-0.4, -0.2) is 54.5 Å². The van der Waals surface area contributed by atoms with Crippen molar-refractivity contribution in [2.75, 3.05) is 19.6 Å². The van der Waals surface area contributed by atoms with E-state index in [1.54, 1.807) is 0 Å². The van der Waals surface area contributed by atoms with Crippen LogP contribution in [0, 0.1) is 6.92 Å². The molecule has 5 rings (SSSR count). The third-order valence-corrected chi connectivity index (χ3v) is 6.99. The van der Waals surface area contributed by atoms with E-state index in [0.29, 0.717) is 25.9 Å². The normalized spacial score (nSPS) is 18.1. The average Bonchev–Trinajstić information content (AvgIpc) is 3.29. The first-order valence-corrected chi connectivity index (χ1v) is 11.0. The number of benzene rings is 2. The van der Waals surface area contributed by atoms with Gasteiger partial charge in [-0.3, -0.25) is 0 Å². The van der Waals surface area contributed by atoms with Gasteiger partial charge in [0.1, 0.15) is 0 Å². The number of aliphatic hydroxyl groups is 2. The number of para-hydroxylation sites is 3. The first-order valence-electron chi connectivity index (χ1n) is 11.0. The second-order valence-electron chi connectivity index (χ2n) is 8.98. The molecule has 1 atom stereocenters. The van der Waals surface area contributed by atoms with E-state index in [1.807, 2.05) is 42.7 Å². The van der Waals surface area contributed by atoms with Gasteiger partial charge in [0, 0.05) is 48.8 Å². The molecule has 1 aliphatic heterocycles. The van der Waals surface area contributed by atoms with Gasteiger partial charge in [-0.1, -0.05) is 30.3 Å². The number of piperidine rings is 1. The van der Waals surface area contributed by atoms with Gasteiger partial charge in [-0.05, 0) is 38.0 Å². The van der Waals surface area contributed by atoms with Crippen LogP contribution < -0.4 is 0 Å². The maximum atomic E-state index is 11.2. The highest BCUT2D eigenvalue weighted by Gasteiger charge is 2.34. The summed E-state index contributed by atoms with van der Waals surface area (Å²) in [7, 11) is 2.05. The zero-order valence-corrected chi connectivity index (χ0v) is 18.2. The van der Waals surface area contributed by atoms with Crippen molar-refractivity contribution in [3.63, 3.8) is 0 Å². The molecule has 162 valence electrons. The lowest BCUT2D eigenvalue weighted by atomic mass is 9.90. The standard InChI is InChI=1S/C25H30N4O2/c1-18-24(19-7-3-5-9-21(19)27(18)2)23(30)15-28-13-11-25(31,12-14-28)16-29-17-26-20-8-4-6-10-22(20)29/h3-10,17,23,30-31H,11-16H2,1-2H3/t23-/m1/s1. The Hall–Kier alpha value is -2.67. The number of fused-ring (bicyclic) bond motifs is 2. The summed E-state index contributed by atoms with van der Waals surface area (Å²) in [6.45, 7) is 4.74. The van der Waals surface area contributed by atoms with E-state index in [2.05, 4.69) is 45.1 Å². The number of nitrogens with zero attached hydrogens (tertiary/aromatic N) is 4. The molecule has 2 aromatic carbocycles. The van der Waals surface area contributed by atoms with Gasteiger partial charge in [-0.2, -0.15) is 0 Å². The van der Waals surface area contributed by atoms with Crippen LogP contribution in [0.1, 0.15) is 30.2 Å². The minimum absolute atomic E-state index is 0.546. The van der Waals surface area contributed by atoms with Crippen LogP contribution in [0.4, 0.5) is 0 Å². The molecular weight excluding hydrogens is 388 g/mol. The Labute approximate surface area is 182 Å². The summed E-state index contributed by atoms with van der Waals surface area (Å²) in [5.41, 5.74) is 4.53. The van der Waals surface area contributed by atoms with Crippen LogP contribution in [-0.2, 0) is 13.6 Å². The molecule has 31 heavy (non-hydrogen) atoms. The molecule has 0 radical (unpaired) electrons. The van der Waals surface area contributed by atoms with Gasteiger partial charge in [-0.15, -0.1) is 0 Å². The van der Waals surface area contributed by atoms with Crippen molar-refractivity contribution in [3.05, 3.63) is 66.1 Å². The molecule has 0 unspecified atom stereocenters. The van der Waals surface area contributed by atoms with Crippen LogP contribution in [0.25, 0.3) is 21.9 Å². The minimum Gasteiger partial charge on any atom is -0.388 e. The Kier molecular flexibility index (Phi) is 5.08. The Bertz CT molecular complexity index is 1220. The molecule has 0 saturated carbocycles. The van der Waals surface area contributed by atoms with Crippen molar-refractivity contribution in [2.24, 2.45) is 7.05 Å². The molecule has 0 bridgehead atoms. The fourth-order valence-corrected chi connectivity index (χ4v) is 5.07. The van der Waals surface area contributed by atoms with Crippen molar-refractivity contribution < 1.29 is 10.2 Å². The van der Waals surface area contributed by atoms with Gasteiger partial charge in [0.25, 0.3) is 0 Å². The number of aromatic nitrogens is 3. The third kappa shape index (κ3) is 3.65. The van der Waals surface area contributed by atoms with Crippen molar-refractivity contribution in [1.82, 2.24) is 19.0 Å². The lowest BCUT2D eigenvalue weighted by Crippen LogP contribution is -2.47. The molecule has 1 fully saturated rings. The molecule has 2 N–H and O–H groups in total. The number of aliphatic hydroxyl groups excluding tert-OH is 1. The van der Waals surface area contributed by atoms with E-state index in [0.717, 1.165) is 46.3 Å². The maximum absolute atomic E-state index is 11.2. The molecular formula is C25H30N4O2. The van der Waals surface area contributed by atoms with Gasteiger partial charge in [0.15, 0.2) is 0 Å². The van der Waals surface area contributed by atoms with E-state index in [9.17, 15) is 10.2 Å². The second kappa shape index (κ2) is 7.79. The van der Waals surface area contributed by atoms with Crippen LogP contribution in [0.5, 0.6) is 0 Å². The van der Waals surface area contributed by atoms with E-state index < -0.39 is 11.7 Å². The highest BCUT2D eigenvalue weighted by atomic mass is 16.3. The summed E-state index contributed by atoms with van der Waals surface area (Å²) in [6, 6.07) is 16.3. The molecule has 0 amide bonds. The molecule has 1 aliphatic rings. The molecule has 3 heterocycles. The van der Waals surface area contributed by atoms with Gasteiger partial charge in [0.05, 0.1) is 35.6 Å². The number of β-amino-alcohol motifs (C(OH)–C–C–N with tert-alkyl or cyclic N) is 1. The first kappa shape index (κ1) is 20.2. The smallest absolute Gasteiger partial charge is 0.0959 e. The topological polar surface area (TPSA) is 66.5 Å². The summed E-state index contributed by atoms with van der Waals surface area (Å²) in [5, 5.41) is 23.4. The van der Waals surface area contributed by atoms with Crippen molar-refractivity contribution in [2.45, 2.75) is 38.0 Å². The van der Waals surface area contributed by atoms with Crippen LogP contribution in [0.3, 0.4) is 0 Å².